The molecule has 0 aromatic heterocycles. The summed E-state index contributed by atoms with van der Waals surface area (Å²) in [5, 5.41) is 12.9. The van der Waals surface area contributed by atoms with E-state index < -0.39 is 34.6 Å². The Balaban J connectivity index is 1.45. The van der Waals surface area contributed by atoms with Crippen LogP contribution >= 0.6 is 0 Å². The number of carbonyl (C=O) groups is 4. The molecule has 0 bridgehead atoms. The first kappa shape index (κ1) is 36.9. The van der Waals surface area contributed by atoms with E-state index in [0.717, 1.165) is 56.9 Å². The maximum absolute atomic E-state index is 13.8. The average Bonchev–Trinajstić information content (AvgIpc) is 3.21. The van der Waals surface area contributed by atoms with E-state index in [-0.39, 0.29) is 51.8 Å². The second-order valence-corrected chi connectivity index (χ2v) is 19.6. The highest BCUT2D eigenvalue weighted by Gasteiger charge is 2.70. The van der Waals surface area contributed by atoms with E-state index in [2.05, 4.69) is 53.8 Å². The quantitative estimate of drug-likeness (QED) is 0.272. The number of fused-ring (bicyclic) bond motifs is 7. The number of hydrogen-bond acceptors (Lipinski definition) is 6. The van der Waals surface area contributed by atoms with Gasteiger partial charge in [-0.1, -0.05) is 48.5 Å². The van der Waals surface area contributed by atoms with Crippen molar-refractivity contribution in [1.82, 2.24) is 5.32 Å². The maximum atomic E-state index is 13.8. The lowest BCUT2D eigenvalue weighted by Gasteiger charge is -2.72. The summed E-state index contributed by atoms with van der Waals surface area (Å²) in [4.78, 5) is 51.8. The summed E-state index contributed by atoms with van der Waals surface area (Å²) >= 11 is 0. The van der Waals surface area contributed by atoms with Crippen molar-refractivity contribution in [3.63, 3.8) is 0 Å². The second kappa shape index (κ2) is 11.6. The van der Waals surface area contributed by atoms with E-state index in [9.17, 15) is 24.3 Å². The molecule has 8 atom stereocenters. The van der Waals surface area contributed by atoms with E-state index in [1.165, 1.54) is 5.57 Å². The first-order valence-electron chi connectivity index (χ1n) is 18.6. The summed E-state index contributed by atoms with van der Waals surface area (Å²) in [6.45, 7) is 25.0. The average molecular weight is 670 g/mol. The fourth-order valence-corrected chi connectivity index (χ4v) is 12.1. The number of amides is 1. The number of alkyl carbamates (subject to hydrolysis) is 1. The first-order valence-corrected chi connectivity index (χ1v) is 18.6. The van der Waals surface area contributed by atoms with Gasteiger partial charge < -0.3 is 19.9 Å². The number of Topliss-reactive ketones (excluding diaryl/α,β-unsaturated/α-hetero) is 1. The highest BCUT2D eigenvalue weighted by Crippen LogP contribution is 2.76. The third kappa shape index (κ3) is 5.63. The van der Waals surface area contributed by atoms with Crippen molar-refractivity contribution in [3.05, 3.63) is 11.1 Å². The minimum absolute atomic E-state index is 0.0328. The van der Waals surface area contributed by atoms with Crippen LogP contribution in [0.5, 0.6) is 0 Å². The number of allylic oxidation sites excluding steroid dienone is 1. The van der Waals surface area contributed by atoms with Crippen LogP contribution in [0.25, 0.3) is 0 Å². The van der Waals surface area contributed by atoms with Crippen LogP contribution < -0.4 is 5.32 Å². The second-order valence-electron chi connectivity index (χ2n) is 19.6. The molecule has 8 nitrogen and oxygen atoms in total. The molecule has 4 saturated carbocycles. The van der Waals surface area contributed by atoms with E-state index in [1.54, 1.807) is 13.8 Å². The zero-order valence-electron chi connectivity index (χ0n) is 31.9. The molecule has 0 aliphatic heterocycles. The molecular weight excluding hydrogens is 606 g/mol. The Morgan fingerprint density at radius 2 is 1.52 bits per heavy atom. The molecule has 0 radical (unpaired) electrons. The smallest absolute Gasteiger partial charge is 0.408 e. The Kier molecular flexibility index (Phi) is 8.90. The van der Waals surface area contributed by atoms with Gasteiger partial charge in [-0.15, -0.1) is 0 Å². The Morgan fingerprint density at radius 1 is 0.875 bits per heavy atom. The maximum Gasteiger partial charge on any atom is 0.408 e. The molecule has 0 saturated heterocycles. The monoisotopic (exact) mass is 669 g/mol. The van der Waals surface area contributed by atoms with Gasteiger partial charge in [-0.2, -0.15) is 0 Å². The fourth-order valence-electron chi connectivity index (χ4n) is 12.1. The van der Waals surface area contributed by atoms with Crippen molar-refractivity contribution in [1.29, 1.82) is 0 Å². The summed E-state index contributed by atoms with van der Waals surface area (Å²) in [7, 11) is 0. The molecule has 0 spiro atoms. The predicted molar refractivity (Wildman–Crippen MR) is 185 cm³/mol. The predicted octanol–water partition coefficient (Wildman–Crippen LogP) is 8.66. The third-order valence-corrected chi connectivity index (χ3v) is 14.5. The zero-order valence-corrected chi connectivity index (χ0v) is 31.9. The molecule has 48 heavy (non-hydrogen) atoms. The molecular formula is C40H63NO7. The number of nitrogens with one attached hydrogen (secondary N) is 1. The summed E-state index contributed by atoms with van der Waals surface area (Å²) in [6.07, 6.45) is 7.02. The minimum atomic E-state index is -1.17. The normalized spacial score (nSPS) is 39.1. The molecule has 8 heteroatoms. The van der Waals surface area contributed by atoms with Crippen molar-refractivity contribution in [2.75, 3.05) is 0 Å². The topological polar surface area (TPSA) is 119 Å². The van der Waals surface area contributed by atoms with Crippen LogP contribution in [0, 0.1) is 50.7 Å². The zero-order chi connectivity index (χ0) is 36.0. The third-order valence-electron chi connectivity index (χ3n) is 14.5. The van der Waals surface area contributed by atoms with Gasteiger partial charge in [0.15, 0.2) is 5.78 Å². The van der Waals surface area contributed by atoms with Crippen LogP contribution in [0.1, 0.15) is 147 Å². The number of ether oxygens (including phenoxy) is 2. The molecule has 4 fully saturated rings. The summed E-state index contributed by atoms with van der Waals surface area (Å²) < 4.78 is 11.9. The van der Waals surface area contributed by atoms with Crippen molar-refractivity contribution >= 4 is 23.8 Å². The Labute approximate surface area is 288 Å². The van der Waals surface area contributed by atoms with Gasteiger partial charge in [-0.3, -0.25) is 14.4 Å². The van der Waals surface area contributed by atoms with Crippen LogP contribution in [0.3, 0.4) is 0 Å². The molecule has 270 valence electrons. The van der Waals surface area contributed by atoms with Crippen molar-refractivity contribution in [2.45, 2.75) is 165 Å². The summed E-state index contributed by atoms with van der Waals surface area (Å²) in [5.41, 5.74) is -0.571. The standard InChI is InChI=1S/C40H63NO7/c1-23(2)30-25(42)21-40(41-33(46)48-34(3,4)5)20-19-38(11)24(31(30)40)13-14-27-37(10)17-16-28(47-29(43)22-35(6,7)32(44)45)36(8,9)26(37)15-18-39(27,38)12/h23-24,26-28H,13-22H2,1-12H3,(H,41,46)(H,44,45)/t24-,26+,27-,28+,37+,38-,39-,40-/m1/s1. The minimum Gasteiger partial charge on any atom is -0.481 e. The van der Waals surface area contributed by atoms with E-state index in [1.807, 2.05) is 20.8 Å². The summed E-state index contributed by atoms with van der Waals surface area (Å²) in [6, 6.07) is 0. The van der Waals surface area contributed by atoms with Crippen LogP contribution in [0.2, 0.25) is 0 Å². The van der Waals surface area contributed by atoms with E-state index >= 15 is 0 Å². The SMILES string of the molecule is CC(C)C1=C2[C@H]3CC[C@@H]4[C@@]5(C)CC[C@H](OC(=O)CC(C)(C)C(=O)O)C(C)(C)[C@@H]5CC[C@@]4(C)[C@]3(C)CC[C@@]2(NC(=O)OC(C)(C)C)CC1=O. The van der Waals surface area contributed by atoms with Gasteiger partial charge in [0.2, 0.25) is 0 Å². The van der Waals surface area contributed by atoms with Crippen LogP contribution in [0.15, 0.2) is 11.1 Å². The van der Waals surface area contributed by atoms with Gasteiger partial charge in [0.25, 0.3) is 0 Å². The van der Waals surface area contributed by atoms with Gasteiger partial charge >= 0.3 is 18.0 Å². The lowest BCUT2D eigenvalue weighted by Crippen LogP contribution is -2.67. The number of ketones is 1. The van der Waals surface area contributed by atoms with Crippen molar-refractivity contribution in [3.8, 4) is 0 Å². The molecule has 0 aromatic rings. The number of carbonyl (C=O) groups excluding carboxylic acids is 3. The van der Waals surface area contributed by atoms with E-state index in [4.69, 9.17) is 9.47 Å². The summed E-state index contributed by atoms with van der Waals surface area (Å²) in [5.74, 6) is -0.140. The fraction of sp³-hybridized carbons (Fsp3) is 0.850. The van der Waals surface area contributed by atoms with Gasteiger partial charge in [0.1, 0.15) is 11.7 Å². The van der Waals surface area contributed by atoms with Crippen LogP contribution in [0.4, 0.5) is 4.79 Å². The van der Waals surface area contributed by atoms with Crippen molar-refractivity contribution in [2.24, 2.45) is 50.7 Å². The molecule has 1 amide bonds. The van der Waals surface area contributed by atoms with Crippen LogP contribution in [-0.2, 0) is 23.9 Å². The lowest BCUT2D eigenvalue weighted by atomic mass is 9.33. The van der Waals surface area contributed by atoms with Gasteiger partial charge in [0, 0.05) is 11.8 Å². The molecule has 0 aromatic carbocycles. The van der Waals surface area contributed by atoms with Gasteiger partial charge in [0.05, 0.1) is 17.4 Å². The number of esters is 1. The molecule has 2 N–H and O–H groups in total. The first-order chi connectivity index (χ1) is 21.8. The molecule has 5 aliphatic carbocycles. The van der Waals surface area contributed by atoms with Crippen molar-refractivity contribution < 1.29 is 33.8 Å². The highest BCUT2D eigenvalue weighted by atomic mass is 16.6. The number of carboxylic acids is 1. The van der Waals surface area contributed by atoms with Gasteiger partial charge in [-0.05, 0) is 137 Å². The molecule has 0 unspecified atom stereocenters. The largest absolute Gasteiger partial charge is 0.481 e. The van der Waals surface area contributed by atoms with Gasteiger partial charge in [-0.25, -0.2) is 4.79 Å². The molecule has 5 rings (SSSR count). The number of hydrogen-bond donors (Lipinski definition) is 2. The Bertz CT molecular complexity index is 1400. The number of aliphatic carboxylic acids is 1. The number of rotatable bonds is 6. The molecule has 0 heterocycles. The molecule has 5 aliphatic rings. The Hall–Kier alpha value is -2.38. The lowest BCUT2D eigenvalue weighted by molar-refractivity contribution is -0.232. The highest BCUT2D eigenvalue weighted by molar-refractivity contribution is 6.02. The van der Waals surface area contributed by atoms with Crippen LogP contribution in [-0.4, -0.2) is 46.2 Å². The van der Waals surface area contributed by atoms with E-state index in [0.29, 0.717) is 18.3 Å². The number of carboxylic acid groups (broad SMARTS) is 1. The Morgan fingerprint density at radius 3 is 2.10 bits per heavy atom.